The topological polar surface area (TPSA) is 6.48 Å². The predicted octanol–water partition coefficient (Wildman–Crippen LogP) is 15.0. The lowest BCUT2D eigenvalue weighted by molar-refractivity contribution is 0.590. The van der Waals surface area contributed by atoms with Crippen LogP contribution in [-0.2, 0) is 10.8 Å². The molecule has 0 atom stereocenters. The van der Waals surface area contributed by atoms with Crippen molar-refractivity contribution in [3.8, 4) is 0 Å². The van der Waals surface area contributed by atoms with E-state index in [1.54, 1.807) is 0 Å². The molecular formula is C53H46N2. The molecule has 9 rings (SSSR count). The van der Waals surface area contributed by atoms with E-state index in [0.29, 0.717) is 0 Å². The largest absolute Gasteiger partial charge is 0.310 e. The number of rotatable bonds is 6. The van der Waals surface area contributed by atoms with Gasteiger partial charge in [0.05, 0.1) is 11.4 Å². The normalized spacial score (nSPS) is 13.6. The van der Waals surface area contributed by atoms with Crippen molar-refractivity contribution in [3.63, 3.8) is 0 Å². The van der Waals surface area contributed by atoms with Crippen LogP contribution in [0.4, 0.5) is 34.1 Å². The molecule has 2 nitrogen and oxygen atoms in total. The molecule has 1 heterocycles. The van der Waals surface area contributed by atoms with E-state index in [1.165, 1.54) is 66.4 Å². The van der Waals surface area contributed by atoms with Crippen LogP contribution < -0.4 is 9.80 Å². The Morgan fingerprint density at radius 1 is 0.473 bits per heavy atom. The average Bonchev–Trinajstić information content (AvgIpc) is 3.21. The van der Waals surface area contributed by atoms with Gasteiger partial charge in [0.2, 0.25) is 0 Å². The summed E-state index contributed by atoms with van der Waals surface area (Å²) in [6, 6.07) is 64.3. The number of hydrogen-bond acceptors (Lipinski definition) is 2. The van der Waals surface area contributed by atoms with Gasteiger partial charge in [0.1, 0.15) is 0 Å². The first kappa shape index (κ1) is 34.4. The van der Waals surface area contributed by atoms with Gasteiger partial charge in [-0.2, -0.15) is 0 Å². The summed E-state index contributed by atoms with van der Waals surface area (Å²) in [7, 11) is 0. The van der Waals surface area contributed by atoms with Crippen LogP contribution in [0.2, 0.25) is 0 Å². The molecule has 0 aliphatic carbocycles. The Hall–Kier alpha value is -6.38. The molecule has 8 aromatic rings. The quantitative estimate of drug-likeness (QED) is 0.125. The third kappa shape index (κ3) is 6.28. The molecule has 0 spiro atoms. The first-order valence-electron chi connectivity index (χ1n) is 19.3. The summed E-state index contributed by atoms with van der Waals surface area (Å²) in [5.41, 5.74) is 13.4. The van der Waals surface area contributed by atoms with E-state index in [1.807, 2.05) is 0 Å². The van der Waals surface area contributed by atoms with Gasteiger partial charge in [-0.15, -0.1) is 0 Å². The van der Waals surface area contributed by atoms with Crippen molar-refractivity contribution in [1.29, 1.82) is 0 Å². The lowest BCUT2D eigenvalue weighted by atomic mass is 9.73. The molecule has 0 unspecified atom stereocenters. The second-order valence-electron chi connectivity index (χ2n) is 16.3. The fourth-order valence-electron chi connectivity index (χ4n) is 8.33. The van der Waals surface area contributed by atoms with Crippen LogP contribution in [-0.4, -0.2) is 0 Å². The highest BCUT2D eigenvalue weighted by Gasteiger charge is 2.36. The summed E-state index contributed by atoms with van der Waals surface area (Å²) in [4.78, 5) is 4.76. The number of anilines is 6. The number of benzene rings is 8. The minimum Gasteiger partial charge on any atom is -0.310 e. The Balaban J connectivity index is 1.04. The van der Waals surface area contributed by atoms with Crippen LogP contribution in [0.15, 0.2) is 176 Å². The molecule has 0 radical (unpaired) electrons. The van der Waals surface area contributed by atoms with E-state index in [9.17, 15) is 0 Å². The van der Waals surface area contributed by atoms with Crippen molar-refractivity contribution in [3.05, 3.63) is 204 Å². The van der Waals surface area contributed by atoms with Crippen LogP contribution >= 0.6 is 0 Å². The van der Waals surface area contributed by atoms with Gasteiger partial charge < -0.3 is 9.80 Å². The van der Waals surface area contributed by atoms with E-state index in [2.05, 4.69) is 232 Å². The fourth-order valence-corrected chi connectivity index (χ4v) is 8.33. The summed E-state index contributed by atoms with van der Waals surface area (Å²) in [6.45, 7) is 11.5. The maximum Gasteiger partial charge on any atom is 0.0503 e. The minimum atomic E-state index is -0.152. The van der Waals surface area contributed by atoms with Crippen molar-refractivity contribution in [1.82, 2.24) is 0 Å². The van der Waals surface area contributed by atoms with Gasteiger partial charge in [-0.25, -0.2) is 0 Å². The molecule has 0 aromatic heterocycles. The van der Waals surface area contributed by atoms with Crippen LogP contribution in [0.25, 0.3) is 33.7 Å². The van der Waals surface area contributed by atoms with Crippen LogP contribution in [0.5, 0.6) is 0 Å². The molecule has 55 heavy (non-hydrogen) atoms. The molecule has 268 valence electrons. The zero-order valence-electron chi connectivity index (χ0n) is 32.3. The lowest BCUT2D eigenvalue weighted by Gasteiger charge is -2.42. The molecule has 2 heteroatoms. The highest BCUT2D eigenvalue weighted by molar-refractivity contribution is 6.09. The number of hydrogen-bond donors (Lipinski definition) is 0. The van der Waals surface area contributed by atoms with Crippen molar-refractivity contribution < 1.29 is 0 Å². The van der Waals surface area contributed by atoms with Crippen molar-refractivity contribution in [2.75, 3.05) is 9.80 Å². The first-order valence-corrected chi connectivity index (χ1v) is 19.3. The summed E-state index contributed by atoms with van der Waals surface area (Å²) in [6.07, 6.45) is 4.51. The van der Waals surface area contributed by atoms with E-state index >= 15 is 0 Å². The Bertz CT molecular complexity index is 2660. The van der Waals surface area contributed by atoms with Crippen LogP contribution in [0.3, 0.4) is 0 Å². The second-order valence-corrected chi connectivity index (χ2v) is 16.3. The Kier molecular flexibility index (Phi) is 8.43. The molecule has 8 aromatic carbocycles. The Morgan fingerprint density at radius 2 is 1.02 bits per heavy atom. The first-order chi connectivity index (χ1) is 26.6. The third-order valence-corrected chi connectivity index (χ3v) is 11.3. The Labute approximate surface area is 325 Å². The SMILES string of the molecule is CC(C)(C)c1ccc(N2c3ccccc3C(C)(C)c3cc(/C=C/c4ccc5c(ccc6cc(N(c7ccccc7)c7ccccc7)ccc65)c4)ccc32)cc1. The predicted molar refractivity (Wildman–Crippen MR) is 237 cm³/mol. The highest BCUT2D eigenvalue weighted by atomic mass is 15.2. The zero-order valence-corrected chi connectivity index (χ0v) is 32.3. The van der Waals surface area contributed by atoms with Crippen molar-refractivity contribution in [2.24, 2.45) is 0 Å². The van der Waals surface area contributed by atoms with E-state index in [4.69, 9.17) is 0 Å². The van der Waals surface area contributed by atoms with Crippen LogP contribution in [0.1, 0.15) is 62.4 Å². The fraction of sp³-hybridized carbons (Fsp3) is 0.132. The van der Waals surface area contributed by atoms with Gasteiger partial charge in [0.15, 0.2) is 0 Å². The number of fused-ring (bicyclic) bond motifs is 5. The van der Waals surface area contributed by atoms with Crippen LogP contribution in [0, 0.1) is 0 Å². The Morgan fingerprint density at radius 3 is 1.67 bits per heavy atom. The number of nitrogens with zero attached hydrogens (tertiary/aromatic N) is 2. The van der Waals surface area contributed by atoms with Gasteiger partial charge in [-0.3, -0.25) is 0 Å². The van der Waals surface area contributed by atoms with Gasteiger partial charge in [-0.1, -0.05) is 150 Å². The molecule has 1 aliphatic rings. The molecule has 0 bridgehead atoms. The van der Waals surface area contributed by atoms with Crippen molar-refractivity contribution >= 4 is 67.8 Å². The van der Waals surface area contributed by atoms with Crippen molar-refractivity contribution in [2.45, 2.75) is 45.4 Å². The smallest absolute Gasteiger partial charge is 0.0503 e. The van der Waals surface area contributed by atoms with Gasteiger partial charge in [0, 0.05) is 28.2 Å². The maximum absolute atomic E-state index is 2.44. The van der Waals surface area contributed by atoms with E-state index in [0.717, 1.165) is 17.1 Å². The second kappa shape index (κ2) is 13.5. The standard InChI is InChI=1S/C53H46N2/c1-52(2,3)41-26-28-44(29-27-41)55-50-19-13-12-18-48(50)53(4,5)49-35-38(23-33-51(49)55)21-20-37-22-31-46-39(34-37)24-25-40-36-45(30-32-47(40)46)54(42-14-8-6-9-15-42)43-16-10-7-11-17-43/h6-36H,1-5H3/b21-20+. The minimum absolute atomic E-state index is 0.107. The molecule has 0 N–H and O–H groups in total. The highest BCUT2D eigenvalue weighted by Crippen LogP contribution is 2.52. The molecule has 0 saturated carbocycles. The van der Waals surface area contributed by atoms with Gasteiger partial charge in [0.25, 0.3) is 0 Å². The lowest BCUT2D eigenvalue weighted by Crippen LogP contribution is -2.30. The summed E-state index contributed by atoms with van der Waals surface area (Å²) in [5, 5.41) is 4.98. The zero-order chi connectivity index (χ0) is 37.7. The van der Waals surface area contributed by atoms with Gasteiger partial charge in [-0.05, 0) is 128 Å². The summed E-state index contributed by atoms with van der Waals surface area (Å²) >= 11 is 0. The summed E-state index contributed by atoms with van der Waals surface area (Å²) in [5.74, 6) is 0. The van der Waals surface area contributed by atoms with Gasteiger partial charge >= 0.3 is 0 Å². The van der Waals surface area contributed by atoms with E-state index in [-0.39, 0.29) is 10.8 Å². The molecule has 0 fully saturated rings. The molecule has 0 saturated heterocycles. The molecule has 1 aliphatic heterocycles. The molecular weight excluding hydrogens is 665 g/mol. The average molecular weight is 711 g/mol. The number of para-hydroxylation sites is 3. The van der Waals surface area contributed by atoms with E-state index < -0.39 is 0 Å². The molecule has 0 amide bonds. The monoisotopic (exact) mass is 710 g/mol. The summed E-state index contributed by atoms with van der Waals surface area (Å²) < 4.78 is 0. The maximum atomic E-state index is 2.44. The third-order valence-electron chi connectivity index (χ3n) is 11.3.